The van der Waals surface area contributed by atoms with Crippen molar-refractivity contribution in [2.75, 3.05) is 51.6 Å². The van der Waals surface area contributed by atoms with Gasteiger partial charge in [-0.1, -0.05) is 0 Å². The number of carbonyl (C=O) groups is 1. The fraction of sp³-hybridized carbons (Fsp3) is 0.500. The number of fused-ring (bicyclic) bond motifs is 1. The van der Waals surface area contributed by atoms with Crippen molar-refractivity contribution in [2.24, 2.45) is 0 Å². The van der Waals surface area contributed by atoms with Crippen LogP contribution in [-0.4, -0.2) is 68.9 Å². The van der Waals surface area contributed by atoms with Gasteiger partial charge in [-0.05, 0) is 42.8 Å². The van der Waals surface area contributed by atoms with Crippen LogP contribution < -0.4 is 25.4 Å². The molecule has 0 bridgehead atoms. The number of hydrogen-bond donors (Lipinski definition) is 2. The third kappa shape index (κ3) is 5.62. The summed E-state index contributed by atoms with van der Waals surface area (Å²) in [6.07, 6.45) is 2.26. The van der Waals surface area contributed by atoms with Crippen molar-refractivity contribution in [3.63, 3.8) is 0 Å². The Kier molecular flexibility index (Phi) is 9.57. The highest BCUT2D eigenvalue weighted by Gasteiger charge is 2.22. The summed E-state index contributed by atoms with van der Waals surface area (Å²) in [4.78, 5) is 18.5. The molecule has 1 saturated heterocycles. The van der Waals surface area contributed by atoms with E-state index >= 15 is 0 Å². The highest BCUT2D eigenvalue weighted by atomic mass is 16.5. The number of pyridine rings is 1. The monoisotopic (exact) mass is 424 g/mol. The average molecular weight is 424 g/mol. The van der Waals surface area contributed by atoms with E-state index in [0.29, 0.717) is 30.5 Å². The van der Waals surface area contributed by atoms with E-state index in [1.165, 1.54) is 0 Å². The molecular formula is C20H32N4O6. The molecule has 1 aliphatic heterocycles. The lowest BCUT2D eigenvalue weighted by molar-refractivity contribution is -0.130. The summed E-state index contributed by atoms with van der Waals surface area (Å²) < 4.78 is 16.1. The van der Waals surface area contributed by atoms with Crippen LogP contribution in [0.3, 0.4) is 0 Å². The zero-order valence-electron chi connectivity index (χ0n) is 17.7. The minimum atomic E-state index is -0.286. The molecule has 2 aromatic rings. The standard InChI is InChI=1S/C20H28N4O4.2H2O/c1-24(8-5-7-22-20(25)15-6-4-9-28-15)18-11-13-10-16(26-2)17(27-3)12-14(13)19(21)23-18;;/h10-12,15H,4-9H2,1-3H3,(H2,21,23)(H,22,25);2*1H2. The quantitative estimate of drug-likeness (QED) is 0.576. The van der Waals surface area contributed by atoms with E-state index in [0.717, 1.165) is 42.4 Å². The largest absolute Gasteiger partial charge is 0.493 e. The molecule has 0 radical (unpaired) electrons. The van der Waals surface area contributed by atoms with Crippen molar-refractivity contribution in [3.8, 4) is 11.5 Å². The molecule has 1 aliphatic rings. The summed E-state index contributed by atoms with van der Waals surface area (Å²) in [5.41, 5.74) is 6.17. The van der Waals surface area contributed by atoms with Gasteiger partial charge in [0.25, 0.3) is 0 Å². The van der Waals surface area contributed by atoms with Gasteiger partial charge in [-0.15, -0.1) is 0 Å². The first-order chi connectivity index (χ1) is 13.5. The fourth-order valence-electron chi connectivity index (χ4n) is 3.33. The van der Waals surface area contributed by atoms with E-state index in [1.54, 1.807) is 14.2 Å². The summed E-state index contributed by atoms with van der Waals surface area (Å²) in [6.45, 7) is 2.00. The second kappa shape index (κ2) is 11.4. The van der Waals surface area contributed by atoms with Crippen LogP contribution in [0.1, 0.15) is 19.3 Å². The minimum Gasteiger partial charge on any atom is -0.493 e. The number of nitrogens with one attached hydrogen (secondary N) is 1. The van der Waals surface area contributed by atoms with Crippen molar-refractivity contribution < 1.29 is 30.0 Å². The SMILES string of the molecule is COc1cc2cc(N(C)CCCNC(=O)C3CCCO3)nc(N)c2cc1OC.O.O. The Balaban J connectivity index is 0.00000225. The molecule has 1 fully saturated rings. The molecule has 10 heteroatoms. The van der Waals surface area contributed by atoms with Crippen molar-refractivity contribution in [1.29, 1.82) is 0 Å². The molecule has 7 N–H and O–H groups in total. The van der Waals surface area contributed by atoms with Crippen LogP contribution in [0.5, 0.6) is 11.5 Å². The number of methoxy groups -OCH3 is 2. The van der Waals surface area contributed by atoms with E-state index < -0.39 is 0 Å². The molecule has 0 aliphatic carbocycles. The average Bonchev–Trinajstić information content (AvgIpc) is 3.24. The maximum Gasteiger partial charge on any atom is 0.249 e. The Morgan fingerprint density at radius 1 is 1.27 bits per heavy atom. The Morgan fingerprint density at radius 3 is 2.60 bits per heavy atom. The van der Waals surface area contributed by atoms with Crippen LogP contribution in [-0.2, 0) is 9.53 Å². The molecule has 1 aromatic carbocycles. The second-order valence-corrected chi connectivity index (χ2v) is 6.86. The number of hydrogen-bond acceptors (Lipinski definition) is 7. The number of amides is 1. The molecule has 168 valence electrons. The predicted molar refractivity (Wildman–Crippen MR) is 116 cm³/mol. The Hall–Kier alpha value is -2.82. The molecule has 1 unspecified atom stereocenters. The highest BCUT2D eigenvalue weighted by Crippen LogP contribution is 2.35. The van der Waals surface area contributed by atoms with E-state index in [-0.39, 0.29) is 23.0 Å². The number of nitrogen functional groups attached to an aromatic ring is 1. The van der Waals surface area contributed by atoms with Gasteiger partial charge in [-0.2, -0.15) is 0 Å². The van der Waals surface area contributed by atoms with E-state index in [9.17, 15) is 4.79 Å². The van der Waals surface area contributed by atoms with Crippen LogP contribution in [0.4, 0.5) is 11.6 Å². The number of benzene rings is 1. The van der Waals surface area contributed by atoms with Crippen LogP contribution in [0.15, 0.2) is 18.2 Å². The summed E-state index contributed by atoms with van der Waals surface area (Å²) in [5, 5.41) is 4.68. The van der Waals surface area contributed by atoms with Gasteiger partial charge < -0.3 is 41.1 Å². The second-order valence-electron chi connectivity index (χ2n) is 6.86. The lowest BCUT2D eigenvalue weighted by atomic mass is 10.1. The first-order valence-electron chi connectivity index (χ1n) is 9.46. The van der Waals surface area contributed by atoms with Crippen LogP contribution in [0.2, 0.25) is 0 Å². The Morgan fingerprint density at radius 2 is 1.97 bits per heavy atom. The van der Waals surface area contributed by atoms with E-state index in [2.05, 4.69) is 10.3 Å². The Bertz CT molecular complexity index is 842. The molecule has 0 spiro atoms. The molecule has 2 heterocycles. The van der Waals surface area contributed by atoms with Gasteiger partial charge in [0.15, 0.2) is 11.5 Å². The number of ether oxygens (including phenoxy) is 3. The number of aromatic nitrogens is 1. The maximum atomic E-state index is 12.0. The third-order valence-corrected chi connectivity index (χ3v) is 4.93. The lowest BCUT2D eigenvalue weighted by Crippen LogP contribution is -2.35. The smallest absolute Gasteiger partial charge is 0.249 e. The zero-order valence-corrected chi connectivity index (χ0v) is 17.7. The van der Waals surface area contributed by atoms with Crippen LogP contribution in [0.25, 0.3) is 10.8 Å². The van der Waals surface area contributed by atoms with Gasteiger partial charge in [0, 0.05) is 32.1 Å². The zero-order chi connectivity index (χ0) is 20.1. The first kappa shape index (κ1) is 25.2. The van der Waals surface area contributed by atoms with E-state index in [4.69, 9.17) is 19.9 Å². The normalized spacial score (nSPS) is 15.1. The van der Waals surface area contributed by atoms with Gasteiger partial charge in [-0.25, -0.2) is 4.98 Å². The predicted octanol–water partition coefficient (Wildman–Crippen LogP) is 0.306. The molecule has 0 saturated carbocycles. The van der Waals surface area contributed by atoms with Gasteiger partial charge in [0.05, 0.1) is 14.2 Å². The van der Waals surface area contributed by atoms with Gasteiger partial charge >= 0.3 is 0 Å². The molecule has 1 atom stereocenters. The van der Waals surface area contributed by atoms with Crippen LogP contribution in [0, 0.1) is 0 Å². The van der Waals surface area contributed by atoms with Crippen molar-refractivity contribution in [2.45, 2.75) is 25.4 Å². The molecule has 3 rings (SSSR count). The number of carbonyl (C=O) groups excluding carboxylic acids is 1. The number of nitrogens with zero attached hydrogens (tertiary/aromatic N) is 2. The number of nitrogens with two attached hydrogens (primary N) is 1. The van der Waals surface area contributed by atoms with Gasteiger partial charge in [0.1, 0.15) is 17.7 Å². The summed E-state index contributed by atoms with van der Waals surface area (Å²) in [7, 11) is 5.15. The molecule has 10 nitrogen and oxygen atoms in total. The maximum absolute atomic E-state index is 12.0. The molecule has 30 heavy (non-hydrogen) atoms. The topological polar surface area (TPSA) is 162 Å². The molecular weight excluding hydrogens is 392 g/mol. The lowest BCUT2D eigenvalue weighted by Gasteiger charge is -2.20. The van der Waals surface area contributed by atoms with Gasteiger partial charge in [-0.3, -0.25) is 4.79 Å². The van der Waals surface area contributed by atoms with Crippen molar-refractivity contribution in [3.05, 3.63) is 18.2 Å². The van der Waals surface area contributed by atoms with Crippen molar-refractivity contribution >= 4 is 28.3 Å². The summed E-state index contributed by atoms with van der Waals surface area (Å²) in [5.74, 6) is 2.45. The summed E-state index contributed by atoms with van der Waals surface area (Å²) in [6, 6.07) is 5.70. The van der Waals surface area contributed by atoms with Crippen molar-refractivity contribution in [1.82, 2.24) is 10.3 Å². The van der Waals surface area contributed by atoms with Crippen LogP contribution >= 0.6 is 0 Å². The van der Waals surface area contributed by atoms with Gasteiger partial charge in [0.2, 0.25) is 5.91 Å². The summed E-state index contributed by atoms with van der Waals surface area (Å²) >= 11 is 0. The fourth-order valence-corrected chi connectivity index (χ4v) is 3.33. The third-order valence-electron chi connectivity index (χ3n) is 4.93. The minimum absolute atomic E-state index is 0. The Labute approximate surface area is 175 Å². The van der Waals surface area contributed by atoms with E-state index in [1.807, 2.05) is 30.1 Å². The molecule has 1 aromatic heterocycles. The first-order valence-corrected chi connectivity index (χ1v) is 9.46. The number of rotatable bonds is 8. The molecule has 1 amide bonds. The highest BCUT2D eigenvalue weighted by molar-refractivity contribution is 5.95. The number of anilines is 2.